The fraction of sp³-hybridized carbons (Fsp3) is 0.481. The van der Waals surface area contributed by atoms with E-state index in [-0.39, 0.29) is 17.9 Å². The predicted octanol–water partition coefficient (Wildman–Crippen LogP) is 3.01. The number of carbonyl (C=O) groups excluding carboxylic acids is 2. The van der Waals surface area contributed by atoms with Crippen LogP contribution in [0, 0.1) is 12.8 Å². The number of nitrogens with two attached hydrogens (primary N) is 1. The summed E-state index contributed by atoms with van der Waals surface area (Å²) in [7, 11) is 0. The summed E-state index contributed by atoms with van der Waals surface area (Å²) < 4.78 is 0. The van der Waals surface area contributed by atoms with Gasteiger partial charge in [0.2, 0.25) is 11.8 Å². The fourth-order valence-electron chi connectivity index (χ4n) is 5.27. The molecule has 0 aromatic heterocycles. The van der Waals surface area contributed by atoms with Gasteiger partial charge in [0.05, 0.1) is 5.92 Å². The number of carbonyl (C=O) groups is 2. The van der Waals surface area contributed by atoms with Crippen LogP contribution in [0.1, 0.15) is 48.4 Å². The van der Waals surface area contributed by atoms with Crippen LogP contribution in [-0.4, -0.2) is 53.8 Å². The van der Waals surface area contributed by atoms with E-state index in [1.54, 1.807) is 0 Å². The number of amides is 2. The Morgan fingerprint density at radius 1 is 0.970 bits per heavy atom. The van der Waals surface area contributed by atoms with Gasteiger partial charge in [-0.1, -0.05) is 73.0 Å². The number of rotatable bonds is 7. The van der Waals surface area contributed by atoms with Gasteiger partial charge in [-0.2, -0.15) is 0 Å². The molecule has 2 aliphatic rings. The van der Waals surface area contributed by atoms with Gasteiger partial charge in [0, 0.05) is 38.8 Å². The number of hydrogen-bond acceptors (Lipinski definition) is 4. The van der Waals surface area contributed by atoms with Gasteiger partial charge in [-0.05, 0) is 30.9 Å². The van der Waals surface area contributed by atoms with Crippen molar-refractivity contribution >= 4 is 11.8 Å². The molecule has 2 aromatic carbocycles. The van der Waals surface area contributed by atoms with Crippen molar-refractivity contribution in [3.8, 4) is 0 Å². The van der Waals surface area contributed by atoms with Crippen LogP contribution >= 0.6 is 0 Å². The monoisotopic (exact) mass is 448 g/mol. The second kappa shape index (κ2) is 10.9. The maximum absolute atomic E-state index is 13.3. The number of benzene rings is 2. The van der Waals surface area contributed by atoms with Gasteiger partial charge in [0.1, 0.15) is 6.04 Å². The van der Waals surface area contributed by atoms with Crippen LogP contribution in [0.15, 0.2) is 54.6 Å². The standard InChI is InChI=1S/C27H36N4O2/c1-20-11-13-21(14-12-20)19-30-15-17-31(18-16-30)24-10-6-5-9-23(24)27(33)29-25(26(28)32)22-7-3-2-4-8-22/h2-4,7-8,11-14,23-25H,5-6,9-10,15-19H2,1H3,(H2,28,32)(H,29,33)/t23-,24-,25+/m1/s1. The summed E-state index contributed by atoms with van der Waals surface area (Å²) in [4.78, 5) is 30.4. The van der Waals surface area contributed by atoms with Crippen molar-refractivity contribution in [2.24, 2.45) is 11.7 Å². The maximum atomic E-state index is 13.3. The zero-order valence-corrected chi connectivity index (χ0v) is 19.6. The quantitative estimate of drug-likeness (QED) is 0.683. The van der Waals surface area contributed by atoms with Gasteiger partial charge in [0.25, 0.3) is 0 Å². The first-order valence-corrected chi connectivity index (χ1v) is 12.2. The van der Waals surface area contributed by atoms with Gasteiger partial charge < -0.3 is 11.1 Å². The van der Waals surface area contributed by atoms with Gasteiger partial charge in [-0.15, -0.1) is 0 Å². The average Bonchev–Trinajstić information content (AvgIpc) is 2.84. The third kappa shape index (κ3) is 6.01. The minimum absolute atomic E-state index is 0.0468. The highest BCUT2D eigenvalue weighted by atomic mass is 16.2. The van der Waals surface area contributed by atoms with Crippen molar-refractivity contribution in [3.63, 3.8) is 0 Å². The Bertz CT molecular complexity index is 923. The molecule has 1 aliphatic heterocycles. The zero-order chi connectivity index (χ0) is 23.2. The van der Waals surface area contributed by atoms with Crippen molar-refractivity contribution in [1.29, 1.82) is 0 Å². The van der Waals surface area contributed by atoms with Gasteiger partial charge in [0.15, 0.2) is 0 Å². The summed E-state index contributed by atoms with van der Waals surface area (Å²) in [5, 5.41) is 2.97. The topological polar surface area (TPSA) is 78.7 Å². The van der Waals surface area contributed by atoms with E-state index < -0.39 is 11.9 Å². The van der Waals surface area contributed by atoms with Crippen molar-refractivity contribution < 1.29 is 9.59 Å². The lowest BCUT2D eigenvalue weighted by Crippen LogP contribution is -2.55. The van der Waals surface area contributed by atoms with Crippen LogP contribution in [0.4, 0.5) is 0 Å². The summed E-state index contributed by atoms with van der Waals surface area (Å²) in [6, 6.07) is 17.5. The lowest BCUT2D eigenvalue weighted by Gasteiger charge is -2.44. The molecule has 3 atom stereocenters. The second-order valence-electron chi connectivity index (χ2n) is 9.51. The summed E-state index contributed by atoms with van der Waals surface area (Å²) in [6.07, 6.45) is 4.09. The Morgan fingerprint density at radius 3 is 2.30 bits per heavy atom. The molecule has 1 saturated carbocycles. The SMILES string of the molecule is Cc1ccc(CN2CCN([C@@H]3CCCC[C@H]3C(=O)N[C@H](C(N)=O)c3ccccc3)CC2)cc1. The van der Waals surface area contributed by atoms with E-state index in [2.05, 4.69) is 46.3 Å². The van der Waals surface area contributed by atoms with E-state index in [1.165, 1.54) is 11.1 Å². The van der Waals surface area contributed by atoms with Crippen LogP contribution in [-0.2, 0) is 16.1 Å². The average molecular weight is 449 g/mol. The number of nitrogens with zero attached hydrogens (tertiary/aromatic N) is 2. The molecule has 0 radical (unpaired) electrons. The molecule has 1 aliphatic carbocycles. The second-order valence-corrected chi connectivity index (χ2v) is 9.51. The van der Waals surface area contributed by atoms with E-state index in [9.17, 15) is 9.59 Å². The van der Waals surface area contributed by atoms with Gasteiger partial charge >= 0.3 is 0 Å². The molecule has 2 aromatic rings. The van der Waals surface area contributed by atoms with Crippen LogP contribution in [0.25, 0.3) is 0 Å². The Morgan fingerprint density at radius 2 is 1.64 bits per heavy atom. The summed E-state index contributed by atoms with van der Waals surface area (Å²) >= 11 is 0. The van der Waals surface area contributed by atoms with Crippen molar-refractivity contribution in [2.45, 2.75) is 51.2 Å². The lowest BCUT2D eigenvalue weighted by molar-refractivity contribution is -0.133. The molecule has 6 heteroatoms. The predicted molar refractivity (Wildman–Crippen MR) is 130 cm³/mol. The molecule has 3 N–H and O–H groups in total. The summed E-state index contributed by atoms with van der Waals surface area (Å²) in [5.74, 6) is -0.672. The maximum Gasteiger partial charge on any atom is 0.244 e. The van der Waals surface area contributed by atoms with Crippen molar-refractivity contribution in [3.05, 3.63) is 71.3 Å². The van der Waals surface area contributed by atoms with Crippen molar-refractivity contribution in [1.82, 2.24) is 15.1 Å². The first-order valence-electron chi connectivity index (χ1n) is 12.2. The molecule has 176 valence electrons. The molecular formula is C27H36N4O2. The summed E-state index contributed by atoms with van der Waals surface area (Å²) in [5.41, 5.74) is 9.01. The van der Waals surface area contributed by atoms with Gasteiger partial charge in [-0.25, -0.2) is 0 Å². The molecule has 0 spiro atoms. The van der Waals surface area contributed by atoms with Crippen molar-refractivity contribution in [2.75, 3.05) is 26.2 Å². The number of nitrogens with one attached hydrogen (secondary N) is 1. The molecule has 4 rings (SSSR count). The molecule has 33 heavy (non-hydrogen) atoms. The van der Waals surface area contributed by atoms with E-state index >= 15 is 0 Å². The number of primary amides is 1. The third-order valence-corrected chi connectivity index (χ3v) is 7.17. The normalized spacial score (nSPS) is 23.1. The Hall–Kier alpha value is -2.70. The fourth-order valence-corrected chi connectivity index (χ4v) is 5.27. The Balaban J connectivity index is 1.36. The van der Waals surface area contributed by atoms with Crippen LogP contribution in [0.5, 0.6) is 0 Å². The Labute approximate surface area is 197 Å². The highest BCUT2D eigenvalue weighted by Gasteiger charge is 2.37. The molecule has 2 fully saturated rings. The molecule has 6 nitrogen and oxygen atoms in total. The smallest absolute Gasteiger partial charge is 0.244 e. The molecule has 0 bridgehead atoms. The van der Waals surface area contributed by atoms with Gasteiger partial charge in [-0.3, -0.25) is 19.4 Å². The minimum atomic E-state index is -0.785. The molecule has 2 amide bonds. The number of aryl methyl sites for hydroxylation is 1. The van der Waals surface area contributed by atoms with E-state index in [0.717, 1.165) is 64.0 Å². The largest absolute Gasteiger partial charge is 0.368 e. The highest BCUT2D eigenvalue weighted by molar-refractivity contribution is 5.88. The molecule has 1 heterocycles. The minimum Gasteiger partial charge on any atom is -0.368 e. The number of hydrogen-bond donors (Lipinski definition) is 2. The summed E-state index contributed by atoms with van der Waals surface area (Å²) in [6.45, 7) is 7.04. The lowest BCUT2D eigenvalue weighted by atomic mass is 9.82. The molecule has 1 saturated heterocycles. The Kier molecular flexibility index (Phi) is 7.78. The van der Waals surface area contributed by atoms with Crippen LogP contribution in [0.2, 0.25) is 0 Å². The van der Waals surface area contributed by atoms with Crippen LogP contribution in [0.3, 0.4) is 0 Å². The van der Waals surface area contributed by atoms with E-state index in [0.29, 0.717) is 0 Å². The van der Waals surface area contributed by atoms with E-state index in [1.807, 2.05) is 30.3 Å². The molecular weight excluding hydrogens is 412 g/mol. The van der Waals surface area contributed by atoms with Crippen LogP contribution < -0.4 is 11.1 Å². The highest BCUT2D eigenvalue weighted by Crippen LogP contribution is 2.30. The first-order chi connectivity index (χ1) is 16.0. The van der Waals surface area contributed by atoms with E-state index in [4.69, 9.17) is 5.73 Å². The first kappa shape index (κ1) is 23.5. The third-order valence-electron chi connectivity index (χ3n) is 7.17. The number of piperazine rings is 1. The molecule has 0 unspecified atom stereocenters. The zero-order valence-electron chi connectivity index (χ0n) is 19.6.